The van der Waals surface area contributed by atoms with Gasteiger partial charge in [0.1, 0.15) is 0 Å². The fraction of sp³-hybridized carbons (Fsp3) is 0.652. The summed E-state index contributed by atoms with van der Waals surface area (Å²) in [4.78, 5) is 17.5. The Bertz CT molecular complexity index is 844. The van der Waals surface area contributed by atoms with Gasteiger partial charge in [0.2, 0.25) is 5.91 Å². The Labute approximate surface area is 177 Å². The molecule has 2 aliphatic heterocycles. The zero-order valence-corrected chi connectivity index (χ0v) is 18.0. The highest BCUT2D eigenvalue weighted by Crippen LogP contribution is 2.37. The second-order valence-corrected chi connectivity index (χ2v) is 9.86. The first-order valence-electron chi connectivity index (χ1n) is 11.4. The van der Waals surface area contributed by atoms with Crippen molar-refractivity contribution >= 4 is 27.5 Å². The van der Waals surface area contributed by atoms with Crippen LogP contribution in [0.3, 0.4) is 0 Å². The molecular weight excluding hydrogens is 380 g/mol. The van der Waals surface area contributed by atoms with Crippen molar-refractivity contribution in [1.29, 1.82) is 0 Å². The molecule has 1 aromatic heterocycles. The van der Waals surface area contributed by atoms with Crippen molar-refractivity contribution in [3.8, 4) is 0 Å². The summed E-state index contributed by atoms with van der Waals surface area (Å²) in [6, 6.07) is 9.03. The average Bonchev–Trinajstić information content (AvgIpc) is 3.30. The maximum atomic E-state index is 12.4. The van der Waals surface area contributed by atoms with E-state index in [4.69, 9.17) is 4.37 Å². The molecular formula is C23H32N4OS. The largest absolute Gasteiger partial charge is 0.353 e. The van der Waals surface area contributed by atoms with Crippen LogP contribution in [0.4, 0.5) is 0 Å². The third-order valence-electron chi connectivity index (χ3n) is 7.28. The number of carbonyl (C=O) groups is 1. The van der Waals surface area contributed by atoms with E-state index in [1.165, 1.54) is 41.5 Å². The van der Waals surface area contributed by atoms with Gasteiger partial charge in [0.25, 0.3) is 0 Å². The molecule has 5 nitrogen and oxygen atoms in total. The lowest BCUT2D eigenvalue weighted by atomic mass is 9.78. The highest BCUT2D eigenvalue weighted by molar-refractivity contribution is 7.13. The number of amides is 1. The van der Waals surface area contributed by atoms with E-state index in [1.54, 1.807) is 11.5 Å². The molecule has 3 fully saturated rings. The van der Waals surface area contributed by atoms with Crippen molar-refractivity contribution in [1.82, 2.24) is 19.5 Å². The van der Waals surface area contributed by atoms with Crippen LogP contribution in [0.1, 0.15) is 44.2 Å². The minimum atomic E-state index is 0.277. The van der Waals surface area contributed by atoms with Crippen LogP contribution in [-0.2, 0) is 11.3 Å². The van der Waals surface area contributed by atoms with Gasteiger partial charge in [-0.05, 0) is 55.7 Å². The molecule has 5 rings (SSSR count). The minimum Gasteiger partial charge on any atom is -0.353 e. The second-order valence-electron chi connectivity index (χ2n) is 9.06. The molecule has 3 aliphatic rings. The van der Waals surface area contributed by atoms with Gasteiger partial charge in [-0.2, -0.15) is 4.37 Å². The van der Waals surface area contributed by atoms with E-state index in [9.17, 15) is 4.79 Å². The van der Waals surface area contributed by atoms with Gasteiger partial charge in [-0.3, -0.25) is 9.69 Å². The standard InChI is InChI=1S/C23H32N4OS/c28-23-18(17-6-1-3-9-20(17)24-23)8-5-11-26-12-14-27(15-13-26)16-21-19-7-2-4-10-22(19)29-25-21/h2,4,7,10,17-18,20H,1,3,5-6,8-9,11-16H2,(H,24,28). The molecule has 1 saturated carbocycles. The molecule has 3 heterocycles. The van der Waals surface area contributed by atoms with Gasteiger partial charge in [-0.15, -0.1) is 0 Å². The molecule has 6 heteroatoms. The third kappa shape index (κ3) is 4.21. The lowest BCUT2D eigenvalue weighted by Gasteiger charge is -2.34. The van der Waals surface area contributed by atoms with E-state index >= 15 is 0 Å². The van der Waals surface area contributed by atoms with Crippen LogP contribution in [0.25, 0.3) is 10.1 Å². The topological polar surface area (TPSA) is 48.5 Å². The highest BCUT2D eigenvalue weighted by Gasteiger charge is 2.42. The fourth-order valence-corrected chi connectivity index (χ4v) is 6.41. The number of aromatic nitrogens is 1. The van der Waals surface area contributed by atoms with Gasteiger partial charge in [0.05, 0.1) is 10.4 Å². The molecule has 0 bridgehead atoms. The first kappa shape index (κ1) is 19.5. The van der Waals surface area contributed by atoms with Gasteiger partial charge in [-0.1, -0.05) is 31.0 Å². The van der Waals surface area contributed by atoms with Crippen molar-refractivity contribution in [2.24, 2.45) is 11.8 Å². The number of hydrogen-bond acceptors (Lipinski definition) is 5. The van der Waals surface area contributed by atoms with E-state index in [0.717, 1.165) is 52.1 Å². The zero-order chi connectivity index (χ0) is 19.6. The molecule has 2 aromatic rings. The smallest absolute Gasteiger partial charge is 0.223 e. The number of piperazine rings is 1. The number of nitrogens with zero attached hydrogens (tertiary/aromatic N) is 3. The lowest BCUT2D eigenvalue weighted by Crippen LogP contribution is -2.46. The summed E-state index contributed by atoms with van der Waals surface area (Å²) in [5, 5.41) is 4.58. The van der Waals surface area contributed by atoms with E-state index in [2.05, 4.69) is 39.4 Å². The van der Waals surface area contributed by atoms with Gasteiger partial charge in [0, 0.05) is 50.1 Å². The van der Waals surface area contributed by atoms with Crippen LogP contribution in [-0.4, -0.2) is 58.8 Å². The Morgan fingerprint density at radius 2 is 1.86 bits per heavy atom. The van der Waals surface area contributed by atoms with Crippen molar-refractivity contribution in [2.45, 2.75) is 51.1 Å². The van der Waals surface area contributed by atoms with Crippen molar-refractivity contribution in [3.05, 3.63) is 30.0 Å². The lowest BCUT2D eigenvalue weighted by molar-refractivity contribution is -0.123. The minimum absolute atomic E-state index is 0.277. The molecule has 1 amide bonds. The summed E-state index contributed by atoms with van der Waals surface area (Å²) >= 11 is 1.61. The molecule has 1 aliphatic carbocycles. The Balaban J connectivity index is 1.06. The molecule has 156 valence electrons. The van der Waals surface area contributed by atoms with Crippen LogP contribution in [0.15, 0.2) is 24.3 Å². The van der Waals surface area contributed by atoms with Crippen LogP contribution in [0.2, 0.25) is 0 Å². The quantitative estimate of drug-likeness (QED) is 0.789. The van der Waals surface area contributed by atoms with Gasteiger partial charge in [-0.25, -0.2) is 0 Å². The summed E-state index contributed by atoms with van der Waals surface area (Å²) in [7, 11) is 0. The Morgan fingerprint density at radius 3 is 2.76 bits per heavy atom. The molecule has 1 N–H and O–H groups in total. The highest BCUT2D eigenvalue weighted by atomic mass is 32.1. The first-order valence-corrected chi connectivity index (χ1v) is 12.1. The second kappa shape index (κ2) is 8.70. The molecule has 29 heavy (non-hydrogen) atoms. The van der Waals surface area contributed by atoms with Gasteiger partial charge < -0.3 is 10.2 Å². The predicted octanol–water partition coefficient (Wildman–Crippen LogP) is 3.50. The molecule has 1 aromatic carbocycles. The van der Waals surface area contributed by atoms with Crippen LogP contribution < -0.4 is 5.32 Å². The van der Waals surface area contributed by atoms with Crippen molar-refractivity contribution in [2.75, 3.05) is 32.7 Å². The fourth-order valence-electron chi connectivity index (χ4n) is 5.62. The Kier molecular flexibility index (Phi) is 5.84. The number of rotatable bonds is 6. The zero-order valence-electron chi connectivity index (χ0n) is 17.2. The monoisotopic (exact) mass is 412 g/mol. The normalized spacial score (nSPS) is 28.6. The summed E-state index contributed by atoms with van der Waals surface area (Å²) in [6.07, 6.45) is 7.26. The number of carbonyl (C=O) groups excluding carboxylic acids is 1. The van der Waals surface area contributed by atoms with Gasteiger partial charge in [0.15, 0.2) is 0 Å². The first-order chi connectivity index (χ1) is 14.3. The van der Waals surface area contributed by atoms with Crippen molar-refractivity contribution in [3.63, 3.8) is 0 Å². The van der Waals surface area contributed by atoms with E-state index in [-0.39, 0.29) is 5.92 Å². The number of nitrogens with one attached hydrogen (secondary N) is 1. The van der Waals surface area contributed by atoms with Crippen LogP contribution >= 0.6 is 11.5 Å². The molecule has 0 radical (unpaired) electrons. The van der Waals surface area contributed by atoms with E-state index < -0.39 is 0 Å². The molecule has 3 atom stereocenters. The van der Waals surface area contributed by atoms with Gasteiger partial charge >= 0.3 is 0 Å². The van der Waals surface area contributed by atoms with E-state index in [1.807, 2.05) is 0 Å². The molecule has 0 spiro atoms. The predicted molar refractivity (Wildman–Crippen MR) is 118 cm³/mol. The average molecular weight is 413 g/mol. The number of benzene rings is 1. The third-order valence-corrected chi connectivity index (χ3v) is 8.14. The summed E-state index contributed by atoms with van der Waals surface area (Å²) < 4.78 is 5.98. The van der Waals surface area contributed by atoms with Crippen molar-refractivity contribution < 1.29 is 4.79 Å². The maximum Gasteiger partial charge on any atom is 0.223 e. The maximum absolute atomic E-state index is 12.4. The summed E-state index contributed by atoms with van der Waals surface area (Å²) in [5.41, 5.74) is 1.23. The SMILES string of the molecule is O=C1NC2CCCCC2C1CCCN1CCN(Cc2nsc3ccccc23)CC1. The van der Waals surface area contributed by atoms with Crippen LogP contribution in [0.5, 0.6) is 0 Å². The van der Waals surface area contributed by atoms with E-state index in [0.29, 0.717) is 17.9 Å². The summed E-state index contributed by atoms with van der Waals surface area (Å²) in [6.45, 7) is 6.58. The molecule has 3 unspecified atom stereocenters. The molecule has 2 saturated heterocycles. The van der Waals surface area contributed by atoms with Crippen LogP contribution in [0, 0.1) is 11.8 Å². The Morgan fingerprint density at radius 1 is 1.07 bits per heavy atom. The number of hydrogen-bond donors (Lipinski definition) is 1. The number of fused-ring (bicyclic) bond motifs is 2. The Hall–Kier alpha value is -1.50. The summed E-state index contributed by atoms with van der Waals surface area (Å²) in [5.74, 6) is 1.22.